The van der Waals surface area contributed by atoms with E-state index in [1.165, 1.54) is 0 Å². The molecule has 0 unspecified atom stereocenters. The Morgan fingerprint density at radius 3 is 2.58 bits per heavy atom. The summed E-state index contributed by atoms with van der Waals surface area (Å²) in [5.74, 6) is 0.344. The molecule has 3 heteroatoms. The quantitative estimate of drug-likeness (QED) is 0.650. The number of esters is 1. The summed E-state index contributed by atoms with van der Waals surface area (Å²) in [4.78, 5) is 14.1. The minimum absolute atomic E-state index is 0.220. The molecule has 1 aromatic rings. The van der Waals surface area contributed by atoms with Crippen LogP contribution in [0.3, 0.4) is 0 Å². The summed E-state index contributed by atoms with van der Waals surface area (Å²) in [5, 5.41) is 0. The minimum atomic E-state index is -0.447. The van der Waals surface area contributed by atoms with Crippen molar-refractivity contribution >= 4 is 5.97 Å². The summed E-state index contributed by atoms with van der Waals surface area (Å²) >= 11 is 0. The van der Waals surface area contributed by atoms with Crippen LogP contribution in [0.1, 0.15) is 20.8 Å². The van der Waals surface area contributed by atoms with Crippen LogP contribution in [-0.2, 0) is 4.79 Å². The Kier molecular flexibility index (Phi) is 2.22. The van der Waals surface area contributed by atoms with Crippen LogP contribution in [0.15, 0.2) is 18.5 Å². The summed E-state index contributed by atoms with van der Waals surface area (Å²) in [7, 11) is 0. The third-order valence-corrected chi connectivity index (χ3v) is 1.39. The summed E-state index contributed by atoms with van der Waals surface area (Å²) < 4.78 is 5.05. The van der Waals surface area contributed by atoms with Crippen LogP contribution in [0.5, 0.6) is 5.75 Å². The second-order valence-electron chi connectivity index (χ2n) is 3.69. The summed E-state index contributed by atoms with van der Waals surface area (Å²) in [6.07, 6.45) is 3.36. The maximum atomic E-state index is 11.3. The van der Waals surface area contributed by atoms with Crippen LogP contribution >= 0.6 is 0 Å². The number of nitrogens with one attached hydrogen (secondary N) is 1. The van der Waals surface area contributed by atoms with Crippen LogP contribution in [0.4, 0.5) is 0 Å². The van der Waals surface area contributed by atoms with Gasteiger partial charge in [-0.25, -0.2) is 0 Å². The molecule has 0 saturated heterocycles. The maximum absolute atomic E-state index is 11.3. The molecule has 0 aliphatic heterocycles. The third kappa shape index (κ3) is 2.12. The fourth-order valence-electron chi connectivity index (χ4n) is 0.632. The van der Waals surface area contributed by atoms with E-state index in [2.05, 4.69) is 4.98 Å². The van der Waals surface area contributed by atoms with E-state index in [0.29, 0.717) is 5.75 Å². The van der Waals surface area contributed by atoms with Gasteiger partial charge in [0.1, 0.15) is 5.75 Å². The molecule has 1 N–H and O–H groups in total. The molecule has 0 fully saturated rings. The van der Waals surface area contributed by atoms with E-state index in [4.69, 9.17) is 4.74 Å². The fraction of sp³-hybridized carbons (Fsp3) is 0.444. The highest BCUT2D eigenvalue weighted by Crippen LogP contribution is 2.18. The van der Waals surface area contributed by atoms with E-state index in [1.807, 2.05) is 20.8 Å². The lowest BCUT2D eigenvalue weighted by Gasteiger charge is -2.15. The smallest absolute Gasteiger partial charge is 0.316 e. The van der Waals surface area contributed by atoms with Crippen LogP contribution < -0.4 is 4.74 Å². The molecule has 1 aromatic heterocycles. The molecular formula is C9H13NO2. The number of carbonyl (C=O) groups is 1. The van der Waals surface area contributed by atoms with Crippen LogP contribution in [0.25, 0.3) is 0 Å². The zero-order chi connectivity index (χ0) is 9.19. The van der Waals surface area contributed by atoms with Crippen molar-refractivity contribution in [3.05, 3.63) is 18.5 Å². The van der Waals surface area contributed by atoms with Crippen molar-refractivity contribution in [1.29, 1.82) is 0 Å². The second-order valence-corrected chi connectivity index (χ2v) is 3.69. The standard InChI is InChI=1S/C9H13NO2/c1-9(2,3)8(11)12-7-4-5-10-6-7/h4-6,10H,1-3H3. The molecule has 12 heavy (non-hydrogen) atoms. The average molecular weight is 167 g/mol. The summed E-state index contributed by atoms with van der Waals surface area (Å²) in [5.41, 5.74) is -0.447. The van der Waals surface area contributed by atoms with Crippen LogP contribution in [0, 0.1) is 5.41 Å². The largest absolute Gasteiger partial charge is 0.425 e. The first-order chi connectivity index (χ1) is 5.50. The summed E-state index contributed by atoms with van der Waals surface area (Å²) in [6, 6.07) is 1.71. The first kappa shape index (κ1) is 8.84. The third-order valence-electron chi connectivity index (χ3n) is 1.39. The van der Waals surface area contributed by atoms with Gasteiger partial charge in [0, 0.05) is 12.4 Å². The van der Waals surface area contributed by atoms with Gasteiger partial charge >= 0.3 is 5.97 Å². The Balaban J connectivity index is 2.60. The lowest BCUT2D eigenvalue weighted by molar-refractivity contribution is -0.142. The molecule has 0 spiro atoms. The molecule has 0 aliphatic rings. The summed E-state index contributed by atoms with van der Waals surface area (Å²) in [6.45, 7) is 5.46. The van der Waals surface area contributed by atoms with E-state index >= 15 is 0 Å². The van der Waals surface area contributed by atoms with Gasteiger partial charge in [-0.1, -0.05) is 0 Å². The van der Waals surface area contributed by atoms with Gasteiger partial charge in [0.15, 0.2) is 0 Å². The maximum Gasteiger partial charge on any atom is 0.316 e. The van der Waals surface area contributed by atoms with Crippen LogP contribution in [-0.4, -0.2) is 11.0 Å². The van der Waals surface area contributed by atoms with Gasteiger partial charge in [0.25, 0.3) is 0 Å². The highest BCUT2D eigenvalue weighted by molar-refractivity contribution is 5.77. The average Bonchev–Trinajstić information content (AvgIpc) is 2.37. The molecule has 0 amide bonds. The molecule has 0 radical (unpaired) electrons. The first-order valence-corrected chi connectivity index (χ1v) is 3.85. The Labute approximate surface area is 71.7 Å². The van der Waals surface area contributed by atoms with Crippen molar-refractivity contribution in [1.82, 2.24) is 4.98 Å². The molecule has 3 nitrogen and oxygen atoms in total. The lowest BCUT2D eigenvalue weighted by Crippen LogP contribution is -2.25. The number of carbonyl (C=O) groups excluding carboxylic acids is 1. The number of hydrogen-bond donors (Lipinski definition) is 1. The van der Waals surface area contributed by atoms with E-state index in [1.54, 1.807) is 18.5 Å². The van der Waals surface area contributed by atoms with Gasteiger partial charge in [-0.15, -0.1) is 0 Å². The molecule has 1 heterocycles. The fourth-order valence-corrected chi connectivity index (χ4v) is 0.632. The molecule has 1 rings (SSSR count). The molecule has 66 valence electrons. The second kappa shape index (κ2) is 3.01. The monoisotopic (exact) mass is 167 g/mol. The van der Waals surface area contributed by atoms with Gasteiger partial charge < -0.3 is 9.72 Å². The first-order valence-electron chi connectivity index (χ1n) is 3.85. The Morgan fingerprint density at radius 2 is 2.17 bits per heavy atom. The van der Waals surface area contributed by atoms with E-state index in [9.17, 15) is 4.79 Å². The number of hydrogen-bond acceptors (Lipinski definition) is 2. The minimum Gasteiger partial charge on any atom is -0.425 e. The number of aromatic amines is 1. The Morgan fingerprint density at radius 1 is 1.50 bits per heavy atom. The van der Waals surface area contributed by atoms with Gasteiger partial charge in [-0.2, -0.15) is 0 Å². The predicted molar refractivity (Wildman–Crippen MR) is 45.9 cm³/mol. The van der Waals surface area contributed by atoms with E-state index in [0.717, 1.165) is 0 Å². The van der Waals surface area contributed by atoms with Crippen molar-refractivity contribution in [2.45, 2.75) is 20.8 Å². The highest BCUT2D eigenvalue weighted by Gasteiger charge is 2.23. The molecule has 0 aliphatic carbocycles. The topological polar surface area (TPSA) is 42.1 Å². The Hall–Kier alpha value is -1.25. The number of ether oxygens (including phenoxy) is 1. The zero-order valence-electron chi connectivity index (χ0n) is 7.55. The van der Waals surface area contributed by atoms with Gasteiger partial charge in [0.05, 0.1) is 5.41 Å². The van der Waals surface area contributed by atoms with Crippen molar-refractivity contribution < 1.29 is 9.53 Å². The molecule has 0 atom stereocenters. The van der Waals surface area contributed by atoms with Gasteiger partial charge in [0.2, 0.25) is 0 Å². The van der Waals surface area contributed by atoms with Crippen molar-refractivity contribution in [2.24, 2.45) is 5.41 Å². The highest BCUT2D eigenvalue weighted by atomic mass is 16.5. The van der Waals surface area contributed by atoms with Gasteiger partial charge in [-0.3, -0.25) is 4.79 Å². The number of rotatable bonds is 1. The van der Waals surface area contributed by atoms with E-state index in [-0.39, 0.29) is 5.97 Å². The van der Waals surface area contributed by atoms with Crippen molar-refractivity contribution in [2.75, 3.05) is 0 Å². The molecule has 0 saturated carbocycles. The zero-order valence-corrected chi connectivity index (χ0v) is 7.55. The van der Waals surface area contributed by atoms with Crippen molar-refractivity contribution in [3.8, 4) is 5.75 Å². The lowest BCUT2D eigenvalue weighted by atomic mass is 9.97. The predicted octanol–water partition coefficient (Wildman–Crippen LogP) is 1.97. The SMILES string of the molecule is CC(C)(C)C(=O)Oc1cc[nH]c1. The van der Waals surface area contributed by atoms with Gasteiger partial charge in [-0.05, 0) is 26.8 Å². The van der Waals surface area contributed by atoms with Crippen molar-refractivity contribution in [3.63, 3.8) is 0 Å². The molecular weight excluding hydrogens is 154 g/mol. The number of aromatic nitrogens is 1. The van der Waals surface area contributed by atoms with Crippen LogP contribution in [0.2, 0.25) is 0 Å². The molecule has 0 bridgehead atoms. The normalized spacial score (nSPS) is 11.2. The Bertz CT molecular complexity index is 257. The number of H-pyrrole nitrogens is 1. The molecule has 0 aromatic carbocycles. The van der Waals surface area contributed by atoms with E-state index < -0.39 is 5.41 Å².